The van der Waals surface area contributed by atoms with E-state index in [1.165, 1.54) is 18.2 Å². The van der Waals surface area contributed by atoms with Crippen molar-refractivity contribution in [2.75, 3.05) is 25.5 Å². The maximum absolute atomic E-state index is 13.5. The summed E-state index contributed by atoms with van der Waals surface area (Å²) in [5.74, 6) is -0.650. The van der Waals surface area contributed by atoms with Gasteiger partial charge in [-0.2, -0.15) is 5.10 Å². The van der Waals surface area contributed by atoms with E-state index in [9.17, 15) is 19.1 Å². The van der Waals surface area contributed by atoms with Gasteiger partial charge < -0.3 is 20.2 Å². The van der Waals surface area contributed by atoms with E-state index in [0.717, 1.165) is 11.3 Å². The lowest BCUT2D eigenvalue weighted by atomic mass is 9.99. The molecule has 0 unspecified atom stereocenters. The maximum atomic E-state index is 13.5. The SMILES string of the molecule is C[C@@H]1Cc2nn3c(c2CN1C(=O)Nc1ccc(F)c(Br)c1)C(=O)N(C)C[C@@H](CO)C3. The summed E-state index contributed by atoms with van der Waals surface area (Å²) in [5, 5.41) is 17.0. The normalized spacial score (nSPS) is 21.2. The Morgan fingerprint density at radius 3 is 2.87 bits per heavy atom. The van der Waals surface area contributed by atoms with Crippen LogP contribution in [0.1, 0.15) is 28.7 Å². The number of aliphatic hydroxyl groups is 1. The number of carbonyl (C=O) groups excluding carboxylic acids is 2. The molecule has 2 atom stereocenters. The zero-order valence-corrected chi connectivity index (χ0v) is 18.3. The van der Waals surface area contributed by atoms with Gasteiger partial charge in [-0.05, 0) is 41.1 Å². The van der Waals surface area contributed by atoms with Crippen LogP contribution in [0.25, 0.3) is 0 Å². The van der Waals surface area contributed by atoms with Crippen LogP contribution in [0.15, 0.2) is 22.7 Å². The number of nitrogens with zero attached hydrogens (tertiary/aromatic N) is 4. The van der Waals surface area contributed by atoms with Gasteiger partial charge in [0.25, 0.3) is 5.91 Å². The summed E-state index contributed by atoms with van der Waals surface area (Å²) in [6, 6.07) is 3.84. The van der Waals surface area contributed by atoms with Crippen LogP contribution in [0.3, 0.4) is 0 Å². The standard InChI is InChI=1S/C20H23BrFN5O3/c1-11-5-17-14(18-19(29)25(2)7-12(10-28)8-27(18)24-17)9-26(11)20(30)23-13-3-4-16(22)15(21)6-13/h3-4,6,11-12,28H,5,7-10H2,1-2H3,(H,23,30)/t11-,12-/m1/s1. The third-order valence-electron chi connectivity index (χ3n) is 5.69. The first kappa shape index (κ1) is 20.8. The van der Waals surface area contributed by atoms with Crippen molar-refractivity contribution in [3.8, 4) is 0 Å². The molecule has 30 heavy (non-hydrogen) atoms. The minimum atomic E-state index is -0.407. The van der Waals surface area contributed by atoms with Gasteiger partial charge in [0.2, 0.25) is 0 Å². The van der Waals surface area contributed by atoms with Crippen LogP contribution in [-0.2, 0) is 19.5 Å². The van der Waals surface area contributed by atoms with Gasteiger partial charge in [0.15, 0.2) is 0 Å². The largest absolute Gasteiger partial charge is 0.396 e. The lowest BCUT2D eigenvalue weighted by Gasteiger charge is -2.33. The van der Waals surface area contributed by atoms with E-state index in [4.69, 9.17) is 0 Å². The summed E-state index contributed by atoms with van der Waals surface area (Å²) < 4.78 is 15.4. The monoisotopic (exact) mass is 479 g/mol. The number of nitrogens with one attached hydrogen (secondary N) is 1. The molecule has 2 aliphatic rings. The number of amides is 3. The van der Waals surface area contributed by atoms with Gasteiger partial charge in [0.05, 0.1) is 16.7 Å². The fourth-order valence-electron chi connectivity index (χ4n) is 4.08. The molecule has 0 aliphatic carbocycles. The molecule has 1 aromatic heterocycles. The molecule has 3 amide bonds. The molecule has 2 aromatic rings. The van der Waals surface area contributed by atoms with Crippen LogP contribution in [0.4, 0.5) is 14.9 Å². The Bertz CT molecular complexity index is 1010. The highest BCUT2D eigenvalue weighted by Crippen LogP contribution is 2.29. The molecule has 2 aliphatic heterocycles. The molecule has 0 spiro atoms. The van der Waals surface area contributed by atoms with Crippen molar-refractivity contribution in [3.63, 3.8) is 0 Å². The molecule has 160 valence electrons. The van der Waals surface area contributed by atoms with Gasteiger partial charge in [-0.25, -0.2) is 9.18 Å². The summed E-state index contributed by atoms with van der Waals surface area (Å²) in [6.45, 7) is 3.06. The molecule has 4 rings (SSSR count). The first-order chi connectivity index (χ1) is 14.3. The zero-order valence-electron chi connectivity index (χ0n) is 16.7. The lowest BCUT2D eigenvalue weighted by Crippen LogP contribution is -2.45. The van der Waals surface area contributed by atoms with E-state index in [0.29, 0.717) is 30.9 Å². The second-order valence-corrected chi connectivity index (χ2v) is 8.78. The van der Waals surface area contributed by atoms with E-state index in [1.807, 2.05) is 6.92 Å². The molecule has 0 radical (unpaired) electrons. The predicted molar refractivity (Wildman–Crippen MR) is 112 cm³/mol. The third-order valence-corrected chi connectivity index (χ3v) is 6.29. The number of benzene rings is 1. The Hall–Kier alpha value is -2.46. The van der Waals surface area contributed by atoms with Gasteiger partial charge in [0.1, 0.15) is 11.5 Å². The Morgan fingerprint density at radius 2 is 2.17 bits per heavy atom. The number of hydrogen-bond donors (Lipinski definition) is 2. The molecule has 2 N–H and O–H groups in total. The van der Waals surface area contributed by atoms with Gasteiger partial charge in [-0.1, -0.05) is 0 Å². The number of fused-ring (bicyclic) bond motifs is 3. The van der Waals surface area contributed by atoms with Crippen molar-refractivity contribution >= 4 is 33.6 Å². The summed E-state index contributed by atoms with van der Waals surface area (Å²) in [4.78, 5) is 29.2. The average Bonchev–Trinajstić information content (AvgIpc) is 2.99. The quantitative estimate of drug-likeness (QED) is 0.691. The fourth-order valence-corrected chi connectivity index (χ4v) is 4.46. The molecule has 3 heterocycles. The van der Waals surface area contributed by atoms with Gasteiger partial charge in [-0.3, -0.25) is 9.48 Å². The predicted octanol–water partition coefficient (Wildman–Crippen LogP) is 2.46. The van der Waals surface area contributed by atoms with Crippen LogP contribution >= 0.6 is 15.9 Å². The Balaban J connectivity index is 1.61. The highest BCUT2D eigenvalue weighted by atomic mass is 79.9. The van der Waals surface area contributed by atoms with E-state index in [1.54, 1.807) is 21.5 Å². The minimum Gasteiger partial charge on any atom is -0.396 e. The molecule has 10 heteroatoms. The number of carbonyl (C=O) groups is 2. The van der Waals surface area contributed by atoms with Crippen molar-refractivity contribution in [3.05, 3.63) is 45.4 Å². The number of halogens is 2. The number of rotatable bonds is 2. The van der Waals surface area contributed by atoms with Crippen LogP contribution in [0, 0.1) is 11.7 Å². The molecule has 0 bridgehead atoms. The van der Waals surface area contributed by atoms with E-state index in [2.05, 4.69) is 26.3 Å². The van der Waals surface area contributed by atoms with Crippen molar-refractivity contribution < 1.29 is 19.1 Å². The third kappa shape index (κ3) is 3.69. The summed E-state index contributed by atoms with van der Waals surface area (Å²) in [6.07, 6.45) is 0.524. The highest BCUT2D eigenvalue weighted by Gasteiger charge is 2.36. The molecule has 1 aromatic carbocycles. The van der Waals surface area contributed by atoms with Crippen molar-refractivity contribution in [1.82, 2.24) is 19.6 Å². The maximum Gasteiger partial charge on any atom is 0.322 e. The van der Waals surface area contributed by atoms with Crippen molar-refractivity contribution in [2.24, 2.45) is 5.92 Å². The first-order valence-electron chi connectivity index (χ1n) is 9.76. The first-order valence-corrected chi connectivity index (χ1v) is 10.5. The smallest absolute Gasteiger partial charge is 0.322 e. The lowest BCUT2D eigenvalue weighted by molar-refractivity contribution is 0.0761. The number of anilines is 1. The number of aromatic nitrogens is 2. The van der Waals surface area contributed by atoms with Crippen LogP contribution in [-0.4, -0.2) is 62.9 Å². The van der Waals surface area contributed by atoms with Gasteiger partial charge >= 0.3 is 6.03 Å². The number of urea groups is 1. The van der Waals surface area contributed by atoms with E-state index >= 15 is 0 Å². The average molecular weight is 480 g/mol. The summed E-state index contributed by atoms with van der Waals surface area (Å²) in [7, 11) is 1.71. The van der Waals surface area contributed by atoms with Crippen molar-refractivity contribution in [1.29, 1.82) is 0 Å². The summed E-state index contributed by atoms with van der Waals surface area (Å²) >= 11 is 3.12. The Morgan fingerprint density at radius 1 is 1.40 bits per heavy atom. The topological polar surface area (TPSA) is 90.7 Å². The molecule has 8 nitrogen and oxygen atoms in total. The number of aliphatic hydroxyl groups excluding tert-OH is 1. The van der Waals surface area contributed by atoms with E-state index in [-0.39, 0.29) is 41.5 Å². The van der Waals surface area contributed by atoms with Crippen LogP contribution in [0.5, 0.6) is 0 Å². The molecule has 0 fully saturated rings. The number of hydrogen-bond acceptors (Lipinski definition) is 4. The van der Waals surface area contributed by atoms with Crippen LogP contribution in [0.2, 0.25) is 0 Å². The Kier molecular flexibility index (Phi) is 5.54. The molecular formula is C20H23BrFN5O3. The van der Waals surface area contributed by atoms with Gasteiger partial charge in [0, 0.05) is 56.4 Å². The molecule has 0 saturated carbocycles. The highest BCUT2D eigenvalue weighted by molar-refractivity contribution is 9.10. The zero-order chi connectivity index (χ0) is 21.6. The Labute approximate surface area is 181 Å². The van der Waals surface area contributed by atoms with E-state index < -0.39 is 5.82 Å². The summed E-state index contributed by atoms with van der Waals surface area (Å²) in [5.41, 5.74) is 2.52. The fraction of sp³-hybridized carbons (Fsp3) is 0.450. The second-order valence-electron chi connectivity index (χ2n) is 7.93. The van der Waals surface area contributed by atoms with Crippen LogP contribution < -0.4 is 5.32 Å². The van der Waals surface area contributed by atoms with Crippen molar-refractivity contribution in [2.45, 2.75) is 32.5 Å². The minimum absolute atomic E-state index is 0.0280. The molecular weight excluding hydrogens is 457 g/mol. The molecule has 0 saturated heterocycles. The second kappa shape index (κ2) is 7.99. The van der Waals surface area contributed by atoms with Gasteiger partial charge in [-0.15, -0.1) is 0 Å².